The first-order chi connectivity index (χ1) is 9.10. The van der Waals surface area contributed by atoms with Gasteiger partial charge in [-0.25, -0.2) is 0 Å². The molecule has 0 radical (unpaired) electrons. The van der Waals surface area contributed by atoms with E-state index in [1.807, 2.05) is 42.5 Å². The predicted octanol–water partition coefficient (Wildman–Crippen LogP) is 5.79. The molecule has 0 heterocycles. The smallest absolute Gasteiger partial charge is 0.119 e. The molecule has 4 heteroatoms. The summed E-state index contributed by atoms with van der Waals surface area (Å²) < 4.78 is 6.34. The van der Waals surface area contributed by atoms with Crippen molar-refractivity contribution in [3.8, 4) is 5.75 Å². The van der Waals surface area contributed by atoms with Crippen LogP contribution in [0.1, 0.15) is 16.0 Å². The van der Waals surface area contributed by atoms with Crippen molar-refractivity contribution in [3.63, 3.8) is 0 Å². The van der Waals surface area contributed by atoms with E-state index in [1.54, 1.807) is 7.11 Å². The van der Waals surface area contributed by atoms with Crippen LogP contribution < -0.4 is 4.74 Å². The largest absolute Gasteiger partial charge is 0.497 e. The summed E-state index contributed by atoms with van der Waals surface area (Å²) in [5.41, 5.74) is 2.41. The average molecular weight is 405 g/mol. The Morgan fingerprint density at radius 3 is 2.47 bits per heavy atom. The average Bonchev–Trinajstić information content (AvgIpc) is 2.42. The van der Waals surface area contributed by atoms with Gasteiger partial charge in [0, 0.05) is 14.3 Å². The minimum absolute atomic E-state index is 0.221. The van der Waals surface area contributed by atoms with Gasteiger partial charge in [-0.05, 0) is 47.9 Å². The fourth-order valence-corrected chi connectivity index (χ4v) is 3.53. The van der Waals surface area contributed by atoms with Crippen molar-refractivity contribution in [2.75, 3.05) is 7.11 Å². The van der Waals surface area contributed by atoms with Crippen LogP contribution in [0.2, 0.25) is 5.02 Å². The lowest BCUT2D eigenvalue weighted by atomic mass is 10.0. The molecule has 1 nitrogen and oxygen atoms in total. The molecular weight excluding hydrogens is 391 g/mol. The normalized spacial score (nSPS) is 12.2. The van der Waals surface area contributed by atoms with Crippen LogP contribution in [0.25, 0.3) is 0 Å². The van der Waals surface area contributed by atoms with Crippen LogP contribution in [0.5, 0.6) is 5.75 Å². The molecule has 0 amide bonds. The van der Waals surface area contributed by atoms with Crippen LogP contribution in [-0.2, 0) is 6.42 Å². The van der Waals surface area contributed by atoms with Crippen LogP contribution in [0.4, 0.5) is 0 Å². The van der Waals surface area contributed by atoms with Crippen LogP contribution in [0.15, 0.2) is 46.9 Å². The second kappa shape index (κ2) is 6.78. The molecule has 1 atom stereocenters. The minimum Gasteiger partial charge on any atom is -0.497 e. The summed E-state index contributed by atoms with van der Waals surface area (Å²) in [4.78, 5) is 0.221. The van der Waals surface area contributed by atoms with E-state index in [2.05, 4.69) is 31.9 Å². The molecule has 0 aliphatic rings. The van der Waals surface area contributed by atoms with E-state index >= 15 is 0 Å². The molecule has 1 unspecified atom stereocenters. The highest BCUT2D eigenvalue weighted by molar-refractivity contribution is 9.11. The second-order valence-corrected chi connectivity index (χ2v) is 6.58. The fourth-order valence-electron chi connectivity index (χ4n) is 1.83. The lowest BCUT2D eigenvalue weighted by Crippen LogP contribution is -1.97. The van der Waals surface area contributed by atoms with Crippen molar-refractivity contribution >= 4 is 43.5 Å². The molecule has 0 aliphatic carbocycles. The van der Waals surface area contributed by atoms with Gasteiger partial charge >= 0.3 is 0 Å². The Balaban J connectivity index is 2.19. The summed E-state index contributed by atoms with van der Waals surface area (Å²) in [7, 11) is 1.68. The lowest BCUT2D eigenvalue weighted by molar-refractivity contribution is 0.414. The number of hydrogen-bond acceptors (Lipinski definition) is 1. The molecule has 0 saturated carbocycles. The van der Waals surface area contributed by atoms with E-state index in [9.17, 15) is 0 Å². The van der Waals surface area contributed by atoms with Crippen molar-refractivity contribution in [2.24, 2.45) is 0 Å². The molecule has 0 aromatic heterocycles. The van der Waals surface area contributed by atoms with Crippen LogP contribution in [0, 0.1) is 0 Å². The van der Waals surface area contributed by atoms with Gasteiger partial charge < -0.3 is 4.74 Å². The first-order valence-corrected chi connectivity index (χ1v) is 7.91. The molecule has 0 N–H and O–H groups in total. The van der Waals surface area contributed by atoms with E-state index in [0.29, 0.717) is 0 Å². The van der Waals surface area contributed by atoms with E-state index in [0.717, 1.165) is 21.7 Å². The maximum absolute atomic E-state index is 5.89. The third kappa shape index (κ3) is 3.98. The maximum Gasteiger partial charge on any atom is 0.119 e. The summed E-state index contributed by atoms with van der Waals surface area (Å²) in [6.45, 7) is 0. The summed E-state index contributed by atoms with van der Waals surface area (Å²) in [6, 6.07) is 13.9. The molecule has 2 aromatic rings. The van der Waals surface area contributed by atoms with Crippen molar-refractivity contribution in [3.05, 3.63) is 63.1 Å². The highest BCUT2D eigenvalue weighted by Crippen LogP contribution is 2.35. The number of ether oxygens (including phenoxy) is 1. The maximum atomic E-state index is 5.89. The lowest BCUT2D eigenvalue weighted by Gasteiger charge is -2.14. The Bertz CT molecular complexity index is 555. The summed E-state index contributed by atoms with van der Waals surface area (Å²) in [6.07, 6.45) is 0.892. The van der Waals surface area contributed by atoms with Gasteiger partial charge in [-0.2, -0.15) is 0 Å². The topological polar surface area (TPSA) is 9.23 Å². The number of rotatable bonds is 4. The number of halogens is 3. The Labute approximate surface area is 135 Å². The van der Waals surface area contributed by atoms with Gasteiger partial charge in [0.05, 0.1) is 7.11 Å². The van der Waals surface area contributed by atoms with E-state index in [4.69, 9.17) is 16.3 Å². The molecule has 0 aliphatic heterocycles. The predicted molar refractivity (Wildman–Crippen MR) is 87.5 cm³/mol. The highest BCUT2D eigenvalue weighted by Gasteiger charge is 2.13. The molecule has 2 rings (SSSR count). The number of methoxy groups -OCH3 is 1. The van der Waals surface area contributed by atoms with Gasteiger partial charge in [0.15, 0.2) is 0 Å². The Hall–Kier alpha value is -0.510. The van der Waals surface area contributed by atoms with Gasteiger partial charge in [-0.15, -0.1) is 0 Å². The van der Waals surface area contributed by atoms with Gasteiger partial charge in [0.2, 0.25) is 0 Å². The molecule has 100 valence electrons. The number of alkyl halides is 1. The monoisotopic (exact) mass is 402 g/mol. The van der Waals surface area contributed by atoms with Crippen molar-refractivity contribution in [1.29, 1.82) is 0 Å². The third-order valence-electron chi connectivity index (χ3n) is 2.87. The number of hydrogen-bond donors (Lipinski definition) is 0. The Kier molecular flexibility index (Phi) is 5.31. The van der Waals surface area contributed by atoms with Crippen molar-refractivity contribution in [2.45, 2.75) is 11.2 Å². The fraction of sp³-hybridized carbons (Fsp3) is 0.200. The third-order valence-corrected chi connectivity index (χ3v) is 4.66. The van der Waals surface area contributed by atoms with E-state index in [1.165, 1.54) is 11.1 Å². The highest BCUT2D eigenvalue weighted by atomic mass is 79.9. The zero-order valence-electron chi connectivity index (χ0n) is 10.4. The Morgan fingerprint density at radius 1 is 1.16 bits per heavy atom. The van der Waals surface area contributed by atoms with Gasteiger partial charge in [0.1, 0.15) is 5.75 Å². The molecule has 0 saturated heterocycles. The molecule has 0 bridgehead atoms. The second-order valence-electron chi connectivity index (χ2n) is 4.19. The zero-order valence-corrected chi connectivity index (χ0v) is 14.3. The first kappa shape index (κ1) is 14.9. The zero-order chi connectivity index (χ0) is 13.8. The summed E-state index contributed by atoms with van der Waals surface area (Å²) >= 11 is 13.2. The van der Waals surface area contributed by atoms with Crippen molar-refractivity contribution < 1.29 is 4.74 Å². The van der Waals surface area contributed by atoms with Crippen LogP contribution >= 0.6 is 43.5 Å². The van der Waals surface area contributed by atoms with Crippen molar-refractivity contribution in [1.82, 2.24) is 0 Å². The molecule has 0 spiro atoms. The molecule has 0 fully saturated rings. The summed E-state index contributed by atoms with van der Waals surface area (Å²) in [5.74, 6) is 0.860. The molecule has 19 heavy (non-hydrogen) atoms. The quantitative estimate of drug-likeness (QED) is 0.586. The van der Waals surface area contributed by atoms with Crippen LogP contribution in [-0.4, -0.2) is 7.11 Å². The first-order valence-electron chi connectivity index (χ1n) is 5.82. The van der Waals surface area contributed by atoms with Gasteiger partial charge in [-0.1, -0.05) is 55.6 Å². The van der Waals surface area contributed by atoms with Gasteiger partial charge in [0.25, 0.3) is 0 Å². The van der Waals surface area contributed by atoms with Crippen LogP contribution in [0.3, 0.4) is 0 Å². The van der Waals surface area contributed by atoms with E-state index in [-0.39, 0.29) is 4.83 Å². The summed E-state index contributed by atoms with van der Waals surface area (Å²) in [5, 5.41) is 0.762. The molecule has 2 aromatic carbocycles. The van der Waals surface area contributed by atoms with Gasteiger partial charge in [-0.3, -0.25) is 0 Å². The standard InChI is InChI=1S/C15H13Br2ClO/c1-19-12-6-7-14(16)13(9-12)15(17)8-10-2-4-11(18)5-3-10/h2-7,9,15H,8H2,1H3. The molecular formula is C15H13Br2ClO. The number of benzene rings is 2. The Morgan fingerprint density at radius 2 is 1.84 bits per heavy atom. The minimum atomic E-state index is 0.221. The van der Waals surface area contributed by atoms with E-state index < -0.39 is 0 Å². The SMILES string of the molecule is COc1ccc(Br)c(C(Br)Cc2ccc(Cl)cc2)c1.